The van der Waals surface area contributed by atoms with Crippen LogP contribution < -0.4 is 0 Å². The summed E-state index contributed by atoms with van der Waals surface area (Å²) in [5.41, 5.74) is 3.13. The van der Waals surface area contributed by atoms with E-state index in [2.05, 4.69) is 18.0 Å². The monoisotopic (exact) mass is 230 g/mol. The molecular weight excluding hydrogens is 216 g/mol. The highest BCUT2D eigenvalue weighted by atomic mass is 16.4. The normalized spacial score (nSPS) is 11.4. The van der Waals surface area contributed by atoms with Gasteiger partial charge in [-0.2, -0.15) is 0 Å². The maximum Gasteiger partial charge on any atom is 0.328 e. The maximum absolute atomic E-state index is 10.5. The molecule has 0 fully saturated rings. The van der Waals surface area contributed by atoms with E-state index in [0.717, 1.165) is 23.5 Å². The molecule has 0 saturated carbocycles. The first-order valence-electron chi connectivity index (χ1n) is 5.48. The minimum atomic E-state index is -0.966. The van der Waals surface area contributed by atoms with Crippen molar-refractivity contribution in [3.05, 3.63) is 35.7 Å². The Morgan fingerprint density at radius 1 is 1.53 bits per heavy atom. The Morgan fingerprint density at radius 3 is 2.94 bits per heavy atom. The predicted octanol–water partition coefficient (Wildman–Crippen LogP) is 2.23. The van der Waals surface area contributed by atoms with Crippen molar-refractivity contribution >= 4 is 23.1 Å². The first kappa shape index (κ1) is 11.4. The van der Waals surface area contributed by atoms with Crippen LogP contribution in [0.15, 0.2) is 24.3 Å². The van der Waals surface area contributed by atoms with Crippen LogP contribution in [0.25, 0.3) is 17.1 Å². The first-order chi connectivity index (χ1) is 8.11. The number of aliphatic carboxylic acids is 1. The number of imidazole rings is 1. The van der Waals surface area contributed by atoms with Gasteiger partial charge in [0.2, 0.25) is 0 Å². The number of carboxylic acids is 1. The molecule has 0 unspecified atom stereocenters. The van der Waals surface area contributed by atoms with Crippen molar-refractivity contribution in [3.63, 3.8) is 0 Å². The fourth-order valence-corrected chi connectivity index (χ4v) is 1.78. The van der Waals surface area contributed by atoms with E-state index in [9.17, 15) is 4.79 Å². The van der Waals surface area contributed by atoms with E-state index in [0.29, 0.717) is 5.82 Å². The van der Waals surface area contributed by atoms with Crippen LogP contribution in [-0.4, -0.2) is 20.6 Å². The van der Waals surface area contributed by atoms with E-state index in [1.807, 2.05) is 23.7 Å². The summed E-state index contributed by atoms with van der Waals surface area (Å²) in [5, 5.41) is 8.60. The van der Waals surface area contributed by atoms with Gasteiger partial charge in [-0.3, -0.25) is 0 Å². The average molecular weight is 230 g/mol. The van der Waals surface area contributed by atoms with Crippen LogP contribution in [0, 0.1) is 0 Å². The smallest absolute Gasteiger partial charge is 0.328 e. The molecule has 0 spiro atoms. The molecule has 0 radical (unpaired) electrons. The standard InChI is InChI=1S/C13H14N2O2/c1-3-9-4-5-11-10(8-9)14-12(15(11)2)6-7-13(16)17/h4-8H,3H2,1-2H3,(H,16,17)/b7-6+. The predicted molar refractivity (Wildman–Crippen MR) is 66.8 cm³/mol. The number of hydrogen-bond acceptors (Lipinski definition) is 2. The van der Waals surface area contributed by atoms with E-state index < -0.39 is 5.97 Å². The molecule has 4 heteroatoms. The third-order valence-electron chi connectivity index (χ3n) is 2.76. The molecule has 88 valence electrons. The molecule has 4 nitrogen and oxygen atoms in total. The lowest BCUT2D eigenvalue weighted by atomic mass is 10.1. The molecule has 1 aromatic carbocycles. The molecule has 0 aliphatic rings. The van der Waals surface area contributed by atoms with Crippen LogP contribution in [-0.2, 0) is 18.3 Å². The molecule has 0 atom stereocenters. The molecule has 0 aliphatic heterocycles. The van der Waals surface area contributed by atoms with Crippen LogP contribution in [0.3, 0.4) is 0 Å². The second-order valence-corrected chi connectivity index (χ2v) is 3.88. The van der Waals surface area contributed by atoms with Crippen LogP contribution in [0.2, 0.25) is 0 Å². The summed E-state index contributed by atoms with van der Waals surface area (Å²) in [6.07, 6.45) is 3.57. The number of rotatable bonds is 3. The van der Waals surface area contributed by atoms with Crippen molar-refractivity contribution in [2.24, 2.45) is 7.05 Å². The van der Waals surface area contributed by atoms with Gasteiger partial charge < -0.3 is 9.67 Å². The molecule has 0 bridgehead atoms. The van der Waals surface area contributed by atoms with Gasteiger partial charge in [-0.25, -0.2) is 9.78 Å². The minimum Gasteiger partial charge on any atom is -0.478 e. The highest BCUT2D eigenvalue weighted by molar-refractivity contribution is 5.86. The Morgan fingerprint density at radius 2 is 2.29 bits per heavy atom. The highest BCUT2D eigenvalue weighted by Gasteiger charge is 2.05. The largest absolute Gasteiger partial charge is 0.478 e. The van der Waals surface area contributed by atoms with E-state index >= 15 is 0 Å². The van der Waals surface area contributed by atoms with Crippen molar-refractivity contribution in [3.8, 4) is 0 Å². The van der Waals surface area contributed by atoms with Crippen molar-refractivity contribution < 1.29 is 9.90 Å². The van der Waals surface area contributed by atoms with Crippen LogP contribution in [0.1, 0.15) is 18.3 Å². The third kappa shape index (κ3) is 2.20. The fourth-order valence-electron chi connectivity index (χ4n) is 1.78. The number of hydrogen-bond donors (Lipinski definition) is 1. The topological polar surface area (TPSA) is 55.1 Å². The Hall–Kier alpha value is -2.10. The summed E-state index contributed by atoms with van der Waals surface area (Å²) in [6.45, 7) is 2.09. The SMILES string of the molecule is CCc1ccc2c(c1)nc(/C=C/C(=O)O)n2C. The number of benzene rings is 1. The zero-order valence-electron chi connectivity index (χ0n) is 9.84. The maximum atomic E-state index is 10.5. The number of carboxylic acid groups (broad SMARTS) is 1. The lowest BCUT2D eigenvalue weighted by Crippen LogP contribution is -1.93. The number of aryl methyl sites for hydroxylation is 2. The van der Waals surface area contributed by atoms with Gasteiger partial charge in [0, 0.05) is 13.1 Å². The molecule has 0 amide bonds. The van der Waals surface area contributed by atoms with Gasteiger partial charge in [0.15, 0.2) is 0 Å². The summed E-state index contributed by atoms with van der Waals surface area (Å²) in [7, 11) is 1.88. The van der Waals surface area contributed by atoms with Crippen LogP contribution in [0.4, 0.5) is 0 Å². The quantitative estimate of drug-likeness (QED) is 0.823. The molecular formula is C13H14N2O2. The van der Waals surface area contributed by atoms with E-state index in [1.54, 1.807) is 0 Å². The van der Waals surface area contributed by atoms with Crippen molar-refractivity contribution in [2.45, 2.75) is 13.3 Å². The van der Waals surface area contributed by atoms with Gasteiger partial charge in [0.1, 0.15) is 5.82 Å². The molecule has 17 heavy (non-hydrogen) atoms. The minimum absolute atomic E-state index is 0.649. The van der Waals surface area contributed by atoms with Gasteiger partial charge in [0.25, 0.3) is 0 Å². The van der Waals surface area contributed by atoms with Gasteiger partial charge in [-0.05, 0) is 30.2 Å². The van der Waals surface area contributed by atoms with Crippen molar-refractivity contribution in [2.75, 3.05) is 0 Å². The zero-order valence-corrected chi connectivity index (χ0v) is 9.84. The molecule has 1 aromatic heterocycles. The van der Waals surface area contributed by atoms with Crippen molar-refractivity contribution in [1.29, 1.82) is 0 Å². The van der Waals surface area contributed by atoms with Gasteiger partial charge in [-0.15, -0.1) is 0 Å². The molecule has 2 rings (SSSR count). The third-order valence-corrected chi connectivity index (χ3v) is 2.76. The van der Waals surface area contributed by atoms with Crippen LogP contribution in [0.5, 0.6) is 0 Å². The Kier molecular flexibility index (Phi) is 2.95. The van der Waals surface area contributed by atoms with E-state index in [4.69, 9.17) is 5.11 Å². The molecule has 1 heterocycles. The van der Waals surface area contributed by atoms with Crippen LogP contribution >= 0.6 is 0 Å². The Labute approximate surface area is 99.2 Å². The van der Waals surface area contributed by atoms with E-state index in [1.165, 1.54) is 11.6 Å². The summed E-state index contributed by atoms with van der Waals surface area (Å²) in [4.78, 5) is 14.9. The lowest BCUT2D eigenvalue weighted by Gasteiger charge is -1.98. The summed E-state index contributed by atoms with van der Waals surface area (Å²) < 4.78 is 1.88. The fraction of sp³-hybridized carbons (Fsp3) is 0.231. The summed E-state index contributed by atoms with van der Waals surface area (Å²) >= 11 is 0. The van der Waals surface area contributed by atoms with Crippen molar-refractivity contribution in [1.82, 2.24) is 9.55 Å². The Bertz CT molecular complexity index is 597. The molecule has 2 aromatic rings. The molecule has 1 N–H and O–H groups in total. The average Bonchev–Trinajstić information content (AvgIpc) is 2.63. The summed E-state index contributed by atoms with van der Waals surface area (Å²) in [5.74, 6) is -0.318. The lowest BCUT2D eigenvalue weighted by molar-refractivity contribution is -0.131. The van der Waals surface area contributed by atoms with E-state index in [-0.39, 0.29) is 0 Å². The van der Waals surface area contributed by atoms with Gasteiger partial charge in [-0.1, -0.05) is 13.0 Å². The Balaban J connectivity index is 2.52. The molecule has 0 aliphatic carbocycles. The second-order valence-electron chi connectivity index (χ2n) is 3.88. The number of aromatic nitrogens is 2. The first-order valence-corrected chi connectivity index (χ1v) is 5.48. The van der Waals surface area contributed by atoms with Gasteiger partial charge >= 0.3 is 5.97 Å². The second kappa shape index (κ2) is 4.41. The number of fused-ring (bicyclic) bond motifs is 1. The summed E-state index contributed by atoms with van der Waals surface area (Å²) in [6, 6.07) is 6.11. The molecule has 0 saturated heterocycles. The zero-order chi connectivity index (χ0) is 12.4. The number of nitrogens with zero attached hydrogens (tertiary/aromatic N) is 2. The van der Waals surface area contributed by atoms with Gasteiger partial charge in [0.05, 0.1) is 11.0 Å². The number of carbonyl (C=O) groups is 1. The highest BCUT2D eigenvalue weighted by Crippen LogP contribution is 2.17.